The predicted octanol–water partition coefficient (Wildman–Crippen LogP) is 1.99. The second-order valence-electron chi connectivity index (χ2n) is 5.90. The Morgan fingerprint density at radius 2 is 2.25 bits per heavy atom. The second kappa shape index (κ2) is 4.84. The summed E-state index contributed by atoms with van der Waals surface area (Å²) in [6.07, 6.45) is 3.24. The third-order valence-corrected chi connectivity index (χ3v) is 5.44. The summed E-state index contributed by atoms with van der Waals surface area (Å²) in [5.41, 5.74) is 1.66. The number of nitrogens with zero attached hydrogens (tertiary/aromatic N) is 3. The van der Waals surface area contributed by atoms with E-state index in [4.69, 9.17) is 0 Å². The van der Waals surface area contributed by atoms with Crippen LogP contribution in [0.3, 0.4) is 0 Å². The number of sulfone groups is 1. The van der Waals surface area contributed by atoms with Crippen LogP contribution in [0.1, 0.15) is 32.1 Å². The highest BCUT2D eigenvalue weighted by atomic mass is 32.2. The van der Waals surface area contributed by atoms with Crippen molar-refractivity contribution in [2.24, 2.45) is 5.92 Å². The van der Waals surface area contributed by atoms with Crippen LogP contribution in [0.15, 0.2) is 18.3 Å². The highest BCUT2D eigenvalue weighted by Gasteiger charge is 2.32. The Labute approximate surface area is 119 Å². The van der Waals surface area contributed by atoms with Gasteiger partial charge in [-0.15, -0.1) is 0 Å². The number of hydrogen-bond donors (Lipinski definition) is 0. The maximum atomic E-state index is 11.8. The lowest BCUT2D eigenvalue weighted by molar-refractivity contribution is 0.514. The first kappa shape index (κ1) is 13.5. The molecular formula is C14H19N3O2S. The standard InChI is InChI=1S/C14H19N3O2S/c1-10(2)8-13-16-12-4-3-6-15-14(12)17(13)11-5-7-20(18,19)9-11/h3-4,6,10-11H,5,7-9H2,1-2H3. The number of hydrogen-bond acceptors (Lipinski definition) is 4. The van der Waals surface area contributed by atoms with E-state index in [0.29, 0.717) is 12.3 Å². The van der Waals surface area contributed by atoms with Gasteiger partial charge < -0.3 is 4.57 Å². The zero-order chi connectivity index (χ0) is 14.3. The van der Waals surface area contributed by atoms with Crippen LogP contribution in [-0.2, 0) is 16.3 Å². The lowest BCUT2D eigenvalue weighted by atomic mass is 10.1. The van der Waals surface area contributed by atoms with E-state index in [1.165, 1.54) is 0 Å². The molecule has 0 saturated carbocycles. The van der Waals surface area contributed by atoms with Gasteiger partial charge in [-0.05, 0) is 24.5 Å². The van der Waals surface area contributed by atoms with Crippen molar-refractivity contribution in [1.82, 2.24) is 14.5 Å². The number of pyridine rings is 1. The largest absolute Gasteiger partial charge is 0.309 e. The third-order valence-electron chi connectivity index (χ3n) is 3.69. The monoisotopic (exact) mass is 293 g/mol. The van der Waals surface area contributed by atoms with Crippen LogP contribution in [-0.4, -0.2) is 34.5 Å². The topological polar surface area (TPSA) is 64.8 Å². The molecule has 0 aromatic carbocycles. The number of fused-ring (bicyclic) bond motifs is 1. The minimum Gasteiger partial charge on any atom is -0.309 e. The SMILES string of the molecule is CC(C)Cc1nc2cccnc2n1C1CCS(=O)(=O)C1. The smallest absolute Gasteiger partial charge is 0.160 e. The van der Waals surface area contributed by atoms with E-state index in [0.717, 1.165) is 23.4 Å². The molecule has 6 heteroatoms. The zero-order valence-electron chi connectivity index (χ0n) is 11.8. The molecule has 1 unspecified atom stereocenters. The third kappa shape index (κ3) is 2.44. The van der Waals surface area contributed by atoms with E-state index in [2.05, 4.69) is 28.4 Å². The molecule has 0 N–H and O–H groups in total. The summed E-state index contributed by atoms with van der Waals surface area (Å²) in [7, 11) is -2.91. The van der Waals surface area contributed by atoms with Crippen molar-refractivity contribution >= 4 is 21.0 Å². The van der Waals surface area contributed by atoms with Gasteiger partial charge in [0.15, 0.2) is 15.5 Å². The summed E-state index contributed by atoms with van der Waals surface area (Å²) < 4.78 is 25.6. The Bertz CT molecular complexity index is 734. The van der Waals surface area contributed by atoms with Crippen LogP contribution in [0, 0.1) is 5.92 Å². The molecule has 1 saturated heterocycles. The predicted molar refractivity (Wildman–Crippen MR) is 78.4 cm³/mol. The average molecular weight is 293 g/mol. The van der Waals surface area contributed by atoms with Crippen molar-refractivity contribution in [2.75, 3.05) is 11.5 Å². The highest BCUT2D eigenvalue weighted by Crippen LogP contribution is 2.29. The van der Waals surface area contributed by atoms with E-state index in [9.17, 15) is 8.42 Å². The van der Waals surface area contributed by atoms with Crippen molar-refractivity contribution in [2.45, 2.75) is 32.7 Å². The highest BCUT2D eigenvalue weighted by molar-refractivity contribution is 7.91. The Balaban J connectivity index is 2.11. The first-order valence-electron chi connectivity index (χ1n) is 6.98. The Morgan fingerprint density at radius 3 is 2.90 bits per heavy atom. The van der Waals surface area contributed by atoms with Crippen molar-refractivity contribution in [1.29, 1.82) is 0 Å². The molecule has 20 heavy (non-hydrogen) atoms. The lowest BCUT2D eigenvalue weighted by Gasteiger charge is -2.15. The van der Waals surface area contributed by atoms with E-state index >= 15 is 0 Å². The van der Waals surface area contributed by atoms with Crippen LogP contribution in [0.2, 0.25) is 0 Å². The van der Waals surface area contributed by atoms with Crippen LogP contribution < -0.4 is 0 Å². The van der Waals surface area contributed by atoms with Crippen LogP contribution in [0.4, 0.5) is 0 Å². The Kier molecular flexibility index (Phi) is 3.28. The van der Waals surface area contributed by atoms with Gasteiger partial charge in [-0.3, -0.25) is 0 Å². The minimum atomic E-state index is -2.91. The summed E-state index contributed by atoms with van der Waals surface area (Å²) >= 11 is 0. The molecule has 1 aliphatic rings. The molecule has 0 bridgehead atoms. The molecule has 2 aromatic heterocycles. The van der Waals surface area contributed by atoms with Gasteiger partial charge in [-0.25, -0.2) is 18.4 Å². The molecule has 1 fully saturated rings. The van der Waals surface area contributed by atoms with Gasteiger partial charge in [-0.1, -0.05) is 13.8 Å². The molecular weight excluding hydrogens is 274 g/mol. The minimum absolute atomic E-state index is 0.0198. The van der Waals surface area contributed by atoms with Gasteiger partial charge in [0.25, 0.3) is 0 Å². The first-order chi connectivity index (χ1) is 9.46. The molecule has 0 spiro atoms. The zero-order valence-corrected chi connectivity index (χ0v) is 12.6. The fraction of sp³-hybridized carbons (Fsp3) is 0.571. The van der Waals surface area contributed by atoms with E-state index in [-0.39, 0.29) is 17.5 Å². The van der Waals surface area contributed by atoms with E-state index in [1.807, 2.05) is 12.1 Å². The summed E-state index contributed by atoms with van der Waals surface area (Å²) in [4.78, 5) is 9.06. The normalized spacial score (nSPS) is 21.9. The van der Waals surface area contributed by atoms with Crippen LogP contribution >= 0.6 is 0 Å². The molecule has 108 valence electrons. The molecule has 2 aromatic rings. The molecule has 0 amide bonds. The molecule has 0 aliphatic carbocycles. The number of aromatic nitrogens is 3. The van der Waals surface area contributed by atoms with Gasteiger partial charge in [0.1, 0.15) is 11.3 Å². The number of imidazole rings is 1. The maximum absolute atomic E-state index is 11.8. The van der Waals surface area contributed by atoms with Crippen LogP contribution in [0.25, 0.3) is 11.2 Å². The summed E-state index contributed by atoms with van der Waals surface area (Å²) in [6.45, 7) is 4.28. The molecule has 3 heterocycles. The van der Waals surface area contributed by atoms with Gasteiger partial charge >= 0.3 is 0 Å². The quantitative estimate of drug-likeness (QED) is 0.868. The van der Waals surface area contributed by atoms with Gasteiger partial charge in [0, 0.05) is 12.6 Å². The van der Waals surface area contributed by atoms with Crippen molar-refractivity contribution < 1.29 is 8.42 Å². The lowest BCUT2D eigenvalue weighted by Crippen LogP contribution is -2.15. The van der Waals surface area contributed by atoms with E-state index in [1.54, 1.807) is 6.20 Å². The number of rotatable bonds is 3. The Morgan fingerprint density at radius 1 is 1.45 bits per heavy atom. The Hall–Kier alpha value is -1.43. The van der Waals surface area contributed by atoms with Crippen LogP contribution in [0.5, 0.6) is 0 Å². The summed E-state index contributed by atoms with van der Waals surface area (Å²) in [5, 5.41) is 0. The fourth-order valence-electron chi connectivity index (χ4n) is 2.85. The summed E-state index contributed by atoms with van der Waals surface area (Å²) in [6, 6.07) is 3.78. The van der Waals surface area contributed by atoms with Crippen molar-refractivity contribution in [3.8, 4) is 0 Å². The van der Waals surface area contributed by atoms with Gasteiger partial charge in [0.2, 0.25) is 0 Å². The molecule has 1 aliphatic heterocycles. The molecule has 1 atom stereocenters. The van der Waals surface area contributed by atoms with Gasteiger partial charge in [-0.2, -0.15) is 0 Å². The summed E-state index contributed by atoms with van der Waals surface area (Å²) in [5.74, 6) is 1.91. The second-order valence-corrected chi connectivity index (χ2v) is 8.13. The molecule has 3 rings (SSSR count). The van der Waals surface area contributed by atoms with Gasteiger partial charge in [0.05, 0.1) is 17.5 Å². The maximum Gasteiger partial charge on any atom is 0.160 e. The first-order valence-corrected chi connectivity index (χ1v) is 8.80. The van der Waals surface area contributed by atoms with Crippen molar-refractivity contribution in [3.05, 3.63) is 24.2 Å². The van der Waals surface area contributed by atoms with E-state index < -0.39 is 9.84 Å². The van der Waals surface area contributed by atoms with Crippen molar-refractivity contribution in [3.63, 3.8) is 0 Å². The molecule has 0 radical (unpaired) electrons. The average Bonchev–Trinajstić information content (AvgIpc) is 2.88. The molecule has 5 nitrogen and oxygen atoms in total. The fourth-order valence-corrected chi connectivity index (χ4v) is 4.55.